The standard InChI is InChI=1S/C11H8NO/c1-2-5-10(6-3-1)13-11-7-4-8-12-9-11/h1-3,5-9H. The first kappa shape index (κ1) is 7.80. The second-order valence-corrected chi connectivity index (χ2v) is 2.54. The molecule has 0 aliphatic carbocycles. The minimum Gasteiger partial charge on any atom is -0.456 e. The summed E-state index contributed by atoms with van der Waals surface area (Å²) in [5.74, 6) is 1.51. The quantitative estimate of drug-likeness (QED) is 0.691. The van der Waals surface area contributed by atoms with Crippen LogP contribution in [0.1, 0.15) is 0 Å². The molecule has 0 aliphatic rings. The minimum atomic E-state index is 0.703. The summed E-state index contributed by atoms with van der Waals surface area (Å²) in [4.78, 5) is 3.90. The highest BCUT2D eigenvalue weighted by Gasteiger charge is 1.93. The van der Waals surface area contributed by atoms with Gasteiger partial charge in [0.1, 0.15) is 11.5 Å². The molecule has 0 saturated heterocycles. The molecule has 2 aromatic rings. The third-order valence-electron chi connectivity index (χ3n) is 1.56. The fraction of sp³-hybridized carbons (Fsp3) is 0. The molecule has 13 heavy (non-hydrogen) atoms. The van der Waals surface area contributed by atoms with E-state index in [0.717, 1.165) is 5.75 Å². The van der Waals surface area contributed by atoms with Crippen LogP contribution in [-0.4, -0.2) is 4.98 Å². The van der Waals surface area contributed by atoms with Gasteiger partial charge in [0, 0.05) is 12.3 Å². The Labute approximate surface area is 76.8 Å². The minimum absolute atomic E-state index is 0.703. The summed E-state index contributed by atoms with van der Waals surface area (Å²) in [5.41, 5.74) is 0. The zero-order valence-electron chi connectivity index (χ0n) is 6.97. The van der Waals surface area contributed by atoms with Crippen LogP contribution in [0, 0.1) is 6.07 Å². The van der Waals surface area contributed by atoms with E-state index < -0.39 is 0 Å². The van der Waals surface area contributed by atoms with Gasteiger partial charge in [0.25, 0.3) is 0 Å². The maximum Gasteiger partial charge on any atom is 0.146 e. The maximum absolute atomic E-state index is 5.48. The molecule has 1 radical (unpaired) electrons. The number of aromatic nitrogens is 1. The zero-order valence-corrected chi connectivity index (χ0v) is 6.97. The van der Waals surface area contributed by atoms with Crippen molar-refractivity contribution in [3.63, 3.8) is 0 Å². The van der Waals surface area contributed by atoms with Crippen molar-refractivity contribution in [1.29, 1.82) is 0 Å². The van der Waals surface area contributed by atoms with Gasteiger partial charge in [0.05, 0.1) is 6.20 Å². The second-order valence-electron chi connectivity index (χ2n) is 2.54. The van der Waals surface area contributed by atoms with Crippen LogP contribution in [-0.2, 0) is 0 Å². The fourth-order valence-corrected chi connectivity index (χ4v) is 0.991. The molecule has 1 heterocycles. The Hall–Kier alpha value is -1.83. The van der Waals surface area contributed by atoms with Crippen LogP contribution < -0.4 is 4.74 Å². The molecule has 0 aliphatic heterocycles. The predicted molar refractivity (Wildman–Crippen MR) is 49.6 cm³/mol. The number of hydrogen-bond donors (Lipinski definition) is 0. The number of para-hydroxylation sites is 1. The number of ether oxygens (including phenoxy) is 1. The van der Waals surface area contributed by atoms with Crippen LogP contribution >= 0.6 is 0 Å². The van der Waals surface area contributed by atoms with E-state index in [1.807, 2.05) is 30.3 Å². The van der Waals surface area contributed by atoms with Crippen molar-refractivity contribution < 1.29 is 4.74 Å². The van der Waals surface area contributed by atoms with Crippen molar-refractivity contribution in [2.45, 2.75) is 0 Å². The molecule has 63 valence electrons. The van der Waals surface area contributed by atoms with Gasteiger partial charge in [-0.05, 0) is 18.2 Å². The van der Waals surface area contributed by atoms with E-state index in [1.54, 1.807) is 18.5 Å². The van der Waals surface area contributed by atoms with Gasteiger partial charge in [-0.2, -0.15) is 0 Å². The average Bonchev–Trinajstić information content (AvgIpc) is 2.21. The van der Waals surface area contributed by atoms with Crippen LogP contribution in [0.3, 0.4) is 0 Å². The van der Waals surface area contributed by atoms with Crippen molar-refractivity contribution in [3.8, 4) is 11.5 Å². The van der Waals surface area contributed by atoms with Gasteiger partial charge in [-0.1, -0.05) is 18.2 Å². The Morgan fingerprint density at radius 2 is 1.92 bits per heavy atom. The van der Waals surface area contributed by atoms with E-state index in [9.17, 15) is 0 Å². The highest BCUT2D eigenvalue weighted by molar-refractivity contribution is 5.28. The summed E-state index contributed by atoms with van der Waals surface area (Å²) in [6.45, 7) is 0. The average molecular weight is 170 g/mol. The SMILES string of the molecule is [c]1cncc(Oc2ccccc2)c1. The van der Waals surface area contributed by atoms with E-state index in [2.05, 4.69) is 11.1 Å². The Kier molecular flexibility index (Phi) is 2.23. The molecule has 2 nitrogen and oxygen atoms in total. The Morgan fingerprint density at radius 3 is 2.62 bits per heavy atom. The molecule has 1 aromatic carbocycles. The van der Waals surface area contributed by atoms with Gasteiger partial charge < -0.3 is 4.74 Å². The van der Waals surface area contributed by atoms with Gasteiger partial charge in [0.15, 0.2) is 0 Å². The van der Waals surface area contributed by atoms with Crippen molar-refractivity contribution >= 4 is 0 Å². The lowest BCUT2D eigenvalue weighted by Crippen LogP contribution is -1.83. The maximum atomic E-state index is 5.48. The summed E-state index contributed by atoms with van der Waals surface area (Å²) < 4.78 is 5.48. The van der Waals surface area contributed by atoms with Crippen LogP contribution in [0.15, 0.2) is 48.8 Å². The van der Waals surface area contributed by atoms with E-state index in [0.29, 0.717) is 5.75 Å². The highest BCUT2D eigenvalue weighted by atomic mass is 16.5. The Balaban J connectivity index is 2.16. The molecular weight excluding hydrogens is 162 g/mol. The third-order valence-corrected chi connectivity index (χ3v) is 1.56. The molecule has 0 fully saturated rings. The predicted octanol–water partition coefficient (Wildman–Crippen LogP) is 2.67. The van der Waals surface area contributed by atoms with Crippen LogP contribution in [0.2, 0.25) is 0 Å². The van der Waals surface area contributed by atoms with Gasteiger partial charge in [-0.25, -0.2) is 0 Å². The Morgan fingerprint density at radius 1 is 1.08 bits per heavy atom. The molecule has 2 rings (SSSR count). The van der Waals surface area contributed by atoms with Crippen molar-refractivity contribution in [1.82, 2.24) is 4.98 Å². The summed E-state index contributed by atoms with van der Waals surface area (Å²) in [6, 6.07) is 14.2. The molecule has 0 unspecified atom stereocenters. The zero-order chi connectivity index (χ0) is 8.93. The molecule has 0 spiro atoms. The number of pyridine rings is 1. The lowest BCUT2D eigenvalue weighted by atomic mass is 10.3. The molecule has 0 bridgehead atoms. The smallest absolute Gasteiger partial charge is 0.146 e. The van der Waals surface area contributed by atoms with Crippen LogP contribution in [0.4, 0.5) is 0 Å². The van der Waals surface area contributed by atoms with E-state index >= 15 is 0 Å². The van der Waals surface area contributed by atoms with Crippen LogP contribution in [0.25, 0.3) is 0 Å². The molecule has 2 heteroatoms. The van der Waals surface area contributed by atoms with Crippen LogP contribution in [0.5, 0.6) is 11.5 Å². The van der Waals surface area contributed by atoms with E-state index in [-0.39, 0.29) is 0 Å². The van der Waals surface area contributed by atoms with Gasteiger partial charge in [-0.15, -0.1) is 0 Å². The molecule has 0 amide bonds. The summed E-state index contributed by atoms with van der Waals surface area (Å²) in [7, 11) is 0. The van der Waals surface area contributed by atoms with Gasteiger partial charge in [0.2, 0.25) is 0 Å². The molecule has 1 aromatic heterocycles. The number of benzene rings is 1. The topological polar surface area (TPSA) is 22.1 Å². The Bertz CT molecular complexity index is 321. The van der Waals surface area contributed by atoms with E-state index in [1.165, 1.54) is 0 Å². The molecule has 0 saturated carbocycles. The van der Waals surface area contributed by atoms with Gasteiger partial charge >= 0.3 is 0 Å². The summed E-state index contributed by atoms with van der Waals surface area (Å²) >= 11 is 0. The van der Waals surface area contributed by atoms with Crippen molar-refractivity contribution in [3.05, 3.63) is 54.9 Å². The summed E-state index contributed by atoms with van der Waals surface area (Å²) in [5, 5.41) is 0. The number of rotatable bonds is 2. The monoisotopic (exact) mass is 170 g/mol. The lowest BCUT2D eigenvalue weighted by Gasteiger charge is -2.02. The largest absolute Gasteiger partial charge is 0.456 e. The van der Waals surface area contributed by atoms with Crippen molar-refractivity contribution in [2.24, 2.45) is 0 Å². The second kappa shape index (κ2) is 3.72. The summed E-state index contributed by atoms with van der Waals surface area (Å²) in [6.07, 6.45) is 3.25. The first-order chi connectivity index (χ1) is 6.45. The third kappa shape index (κ3) is 2.06. The highest BCUT2D eigenvalue weighted by Crippen LogP contribution is 2.18. The first-order valence-electron chi connectivity index (χ1n) is 3.99. The van der Waals surface area contributed by atoms with E-state index in [4.69, 9.17) is 4.74 Å². The van der Waals surface area contributed by atoms with Gasteiger partial charge in [-0.3, -0.25) is 4.98 Å². The fourth-order valence-electron chi connectivity index (χ4n) is 0.991. The van der Waals surface area contributed by atoms with Crippen molar-refractivity contribution in [2.75, 3.05) is 0 Å². The normalized spacial score (nSPS) is 9.54. The molecule has 0 atom stereocenters. The number of nitrogens with zero attached hydrogens (tertiary/aromatic N) is 1. The molecular formula is C11H8NO. The first-order valence-corrected chi connectivity index (χ1v) is 3.99. The molecule has 0 N–H and O–H groups in total. The number of hydrogen-bond acceptors (Lipinski definition) is 2. The lowest BCUT2D eigenvalue weighted by molar-refractivity contribution is 0.480.